The molecule has 2 aromatic rings. The summed E-state index contributed by atoms with van der Waals surface area (Å²) in [6.45, 7) is 7.84. The molecule has 1 amide bonds. The number of benzene rings is 1. The van der Waals surface area contributed by atoms with Crippen LogP contribution in [0.4, 0.5) is 5.69 Å². The van der Waals surface area contributed by atoms with Crippen molar-refractivity contribution in [3.8, 4) is 0 Å². The SMILES string of the molecule is CCN(CC)CC(=O)Nc1c(C(=O)OC)[nH]c2ccc(C)cc12. The van der Waals surface area contributed by atoms with Gasteiger partial charge in [0.2, 0.25) is 5.91 Å². The van der Waals surface area contributed by atoms with E-state index in [2.05, 4.69) is 10.3 Å². The van der Waals surface area contributed by atoms with Crippen LogP contribution in [0.25, 0.3) is 10.9 Å². The first-order chi connectivity index (χ1) is 11.0. The summed E-state index contributed by atoms with van der Waals surface area (Å²) >= 11 is 0. The van der Waals surface area contributed by atoms with Crippen LogP contribution in [0.15, 0.2) is 18.2 Å². The van der Waals surface area contributed by atoms with Crippen LogP contribution < -0.4 is 5.32 Å². The van der Waals surface area contributed by atoms with Crippen LogP contribution in [0.3, 0.4) is 0 Å². The van der Waals surface area contributed by atoms with Crippen molar-refractivity contribution >= 4 is 28.5 Å². The maximum absolute atomic E-state index is 12.3. The number of nitrogens with one attached hydrogen (secondary N) is 2. The molecule has 2 rings (SSSR count). The number of aromatic amines is 1. The van der Waals surface area contributed by atoms with Crippen molar-refractivity contribution in [3.63, 3.8) is 0 Å². The Hall–Kier alpha value is -2.34. The summed E-state index contributed by atoms with van der Waals surface area (Å²) in [5, 5.41) is 3.67. The molecule has 1 heterocycles. The van der Waals surface area contributed by atoms with Gasteiger partial charge in [-0.05, 0) is 32.1 Å². The molecule has 0 aliphatic carbocycles. The van der Waals surface area contributed by atoms with Gasteiger partial charge in [0, 0.05) is 10.9 Å². The molecule has 0 bridgehead atoms. The number of aryl methyl sites for hydroxylation is 1. The monoisotopic (exact) mass is 317 g/mol. The predicted molar refractivity (Wildman–Crippen MR) is 90.8 cm³/mol. The number of aromatic nitrogens is 1. The standard InChI is InChI=1S/C17H23N3O3/c1-5-20(6-2)10-14(21)19-15-12-9-11(3)7-8-13(12)18-16(15)17(22)23-4/h7-9,18H,5-6,10H2,1-4H3,(H,19,21). The van der Waals surface area contributed by atoms with Gasteiger partial charge in [0.25, 0.3) is 0 Å². The number of hydrogen-bond donors (Lipinski definition) is 2. The highest BCUT2D eigenvalue weighted by Gasteiger charge is 2.20. The summed E-state index contributed by atoms with van der Waals surface area (Å²) in [6.07, 6.45) is 0. The third kappa shape index (κ3) is 3.71. The highest BCUT2D eigenvalue weighted by molar-refractivity contribution is 6.11. The van der Waals surface area contributed by atoms with Crippen LogP contribution in [-0.2, 0) is 9.53 Å². The van der Waals surface area contributed by atoms with Gasteiger partial charge in [0.1, 0.15) is 5.69 Å². The molecule has 124 valence electrons. The van der Waals surface area contributed by atoms with E-state index in [4.69, 9.17) is 4.74 Å². The van der Waals surface area contributed by atoms with Crippen molar-refractivity contribution in [1.29, 1.82) is 0 Å². The second-order valence-electron chi connectivity index (χ2n) is 5.43. The van der Waals surface area contributed by atoms with E-state index in [1.807, 2.05) is 43.9 Å². The van der Waals surface area contributed by atoms with Gasteiger partial charge in [-0.3, -0.25) is 9.69 Å². The number of hydrogen-bond acceptors (Lipinski definition) is 4. The van der Waals surface area contributed by atoms with E-state index in [9.17, 15) is 9.59 Å². The molecular formula is C17H23N3O3. The third-order valence-electron chi connectivity index (χ3n) is 3.87. The quantitative estimate of drug-likeness (QED) is 0.803. The zero-order valence-corrected chi connectivity index (χ0v) is 14.0. The first-order valence-electron chi connectivity index (χ1n) is 7.73. The number of H-pyrrole nitrogens is 1. The Morgan fingerprint density at radius 3 is 2.57 bits per heavy atom. The predicted octanol–water partition coefficient (Wildman–Crippen LogP) is 2.54. The van der Waals surface area contributed by atoms with Crippen LogP contribution >= 0.6 is 0 Å². The normalized spacial score (nSPS) is 11.0. The van der Waals surface area contributed by atoms with Crippen molar-refractivity contribution in [2.24, 2.45) is 0 Å². The van der Waals surface area contributed by atoms with E-state index in [1.165, 1.54) is 7.11 Å². The van der Waals surface area contributed by atoms with E-state index in [0.29, 0.717) is 5.69 Å². The number of amides is 1. The van der Waals surface area contributed by atoms with Gasteiger partial charge in [0.05, 0.1) is 19.3 Å². The number of fused-ring (bicyclic) bond motifs is 1. The Bertz CT molecular complexity index is 717. The Morgan fingerprint density at radius 2 is 1.96 bits per heavy atom. The van der Waals surface area contributed by atoms with E-state index >= 15 is 0 Å². The molecule has 6 heteroatoms. The number of esters is 1. The Balaban J connectivity index is 2.38. The lowest BCUT2D eigenvalue weighted by atomic mass is 10.1. The molecule has 1 aromatic carbocycles. The molecule has 1 aromatic heterocycles. The molecule has 0 spiro atoms. The van der Waals surface area contributed by atoms with Gasteiger partial charge in [0.15, 0.2) is 0 Å². The lowest BCUT2D eigenvalue weighted by molar-refractivity contribution is -0.117. The Labute approximate surface area is 135 Å². The average molecular weight is 317 g/mol. The zero-order chi connectivity index (χ0) is 17.0. The van der Waals surface area contributed by atoms with Crippen molar-refractivity contribution in [2.75, 3.05) is 32.1 Å². The van der Waals surface area contributed by atoms with Crippen LogP contribution in [0.5, 0.6) is 0 Å². The fraction of sp³-hybridized carbons (Fsp3) is 0.412. The fourth-order valence-electron chi connectivity index (χ4n) is 2.52. The highest BCUT2D eigenvalue weighted by Crippen LogP contribution is 2.29. The largest absolute Gasteiger partial charge is 0.464 e. The van der Waals surface area contributed by atoms with Crippen molar-refractivity contribution < 1.29 is 14.3 Å². The van der Waals surface area contributed by atoms with Gasteiger partial charge in [-0.15, -0.1) is 0 Å². The second kappa shape index (κ2) is 7.28. The summed E-state index contributed by atoms with van der Waals surface area (Å²) in [7, 11) is 1.32. The number of nitrogens with zero attached hydrogens (tertiary/aromatic N) is 1. The van der Waals surface area contributed by atoms with E-state index in [1.54, 1.807) is 0 Å². The molecule has 0 aliphatic rings. The van der Waals surface area contributed by atoms with Crippen molar-refractivity contribution in [2.45, 2.75) is 20.8 Å². The van der Waals surface area contributed by atoms with E-state index < -0.39 is 5.97 Å². The number of anilines is 1. The summed E-state index contributed by atoms with van der Waals surface area (Å²) < 4.78 is 4.81. The minimum atomic E-state index is -0.503. The molecular weight excluding hydrogens is 294 g/mol. The molecule has 0 saturated heterocycles. The van der Waals surface area contributed by atoms with E-state index in [0.717, 1.165) is 29.6 Å². The number of ether oxygens (including phenoxy) is 1. The maximum Gasteiger partial charge on any atom is 0.356 e. The topological polar surface area (TPSA) is 74.4 Å². The first-order valence-corrected chi connectivity index (χ1v) is 7.73. The fourth-order valence-corrected chi connectivity index (χ4v) is 2.52. The minimum absolute atomic E-state index is 0.152. The second-order valence-corrected chi connectivity index (χ2v) is 5.43. The zero-order valence-electron chi connectivity index (χ0n) is 14.0. The Kier molecular flexibility index (Phi) is 5.39. The van der Waals surface area contributed by atoms with Gasteiger partial charge < -0.3 is 15.0 Å². The summed E-state index contributed by atoms with van der Waals surface area (Å²) in [4.78, 5) is 29.3. The van der Waals surface area contributed by atoms with Crippen LogP contribution in [0.2, 0.25) is 0 Å². The molecule has 0 fully saturated rings. The summed E-state index contributed by atoms with van der Waals surface area (Å²) in [5.41, 5.74) is 2.58. The Morgan fingerprint density at radius 1 is 1.26 bits per heavy atom. The third-order valence-corrected chi connectivity index (χ3v) is 3.87. The van der Waals surface area contributed by atoms with Crippen LogP contribution in [0.1, 0.15) is 29.9 Å². The maximum atomic E-state index is 12.3. The molecule has 0 aliphatic heterocycles. The molecule has 23 heavy (non-hydrogen) atoms. The number of likely N-dealkylation sites (N-methyl/N-ethyl adjacent to an activating group) is 1. The van der Waals surface area contributed by atoms with Gasteiger partial charge in [-0.25, -0.2) is 4.79 Å². The first kappa shape index (κ1) is 17.0. The van der Waals surface area contributed by atoms with Crippen LogP contribution in [0, 0.1) is 6.92 Å². The molecule has 0 atom stereocenters. The summed E-state index contributed by atoms with van der Waals surface area (Å²) in [5.74, 6) is -0.654. The lowest BCUT2D eigenvalue weighted by Gasteiger charge is -2.17. The molecule has 0 radical (unpaired) electrons. The number of carbonyl (C=O) groups is 2. The number of carbonyl (C=O) groups excluding carboxylic acids is 2. The lowest BCUT2D eigenvalue weighted by Crippen LogP contribution is -2.33. The average Bonchev–Trinajstić information content (AvgIpc) is 2.89. The molecule has 0 unspecified atom stereocenters. The molecule has 0 saturated carbocycles. The van der Waals surface area contributed by atoms with E-state index in [-0.39, 0.29) is 18.1 Å². The van der Waals surface area contributed by atoms with Crippen molar-refractivity contribution in [1.82, 2.24) is 9.88 Å². The van der Waals surface area contributed by atoms with Gasteiger partial charge in [-0.2, -0.15) is 0 Å². The van der Waals surface area contributed by atoms with Crippen molar-refractivity contribution in [3.05, 3.63) is 29.5 Å². The molecule has 6 nitrogen and oxygen atoms in total. The van der Waals surface area contributed by atoms with Gasteiger partial charge in [-0.1, -0.05) is 25.5 Å². The number of methoxy groups -OCH3 is 1. The van der Waals surface area contributed by atoms with Gasteiger partial charge >= 0.3 is 5.97 Å². The smallest absolute Gasteiger partial charge is 0.356 e. The number of rotatable bonds is 6. The minimum Gasteiger partial charge on any atom is -0.464 e. The van der Waals surface area contributed by atoms with Crippen LogP contribution in [-0.4, -0.2) is 48.5 Å². The summed E-state index contributed by atoms with van der Waals surface area (Å²) in [6, 6.07) is 5.77. The molecule has 2 N–H and O–H groups in total. The highest BCUT2D eigenvalue weighted by atomic mass is 16.5.